The van der Waals surface area contributed by atoms with E-state index >= 15 is 0 Å². The van der Waals surface area contributed by atoms with Crippen LogP contribution < -0.4 is 4.74 Å². The molecule has 9 nitrogen and oxygen atoms in total. The van der Waals surface area contributed by atoms with Crippen LogP contribution in [-0.4, -0.2) is 38.8 Å². The van der Waals surface area contributed by atoms with Crippen LogP contribution in [0.3, 0.4) is 0 Å². The quantitative estimate of drug-likeness (QED) is 0.296. The lowest BCUT2D eigenvalue weighted by molar-refractivity contribution is -0.143. The highest BCUT2D eigenvalue weighted by Crippen LogP contribution is 2.34. The molecule has 3 aromatic heterocycles. The predicted molar refractivity (Wildman–Crippen MR) is 122 cm³/mol. The van der Waals surface area contributed by atoms with E-state index in [0.29, 0.717) is 41.5 Å². The minimum atomic E-state index is -0.239. The summed E-state index contributed by atoms with van der Waals surface area (Å²) < 4.78 is 16.2. The number of pyridine rings is 1. The molecule has 0 atom stereocenters. The minimum absolute atomic E-state index is 0.0408. The van der Waals surface area contributed by atoms with E-state index in [1.807, 2.05) is 19.9 Å². The van der Waals surface area contributed by atoms with E-state index in [1.54, 1.807) is 37.5 Å². The van der Waals surface area contributed by atoms with Crippen molar-refractivity contribution in [3.05, 3.63) is 53.6 Å². The summed E-state index contributed by atoms with van der Waals surface area (Å²) in [4.78, 5) is 27.5. The third-order valence-electron chi connectivity index (χ3n) is 4.91. The number of rotatable bonds is 8. The van der Waals surface area contributed by atoms with Crippen LogP contribution in [0.25, 0.3) is 38.7 Å². The molecule has 3 heterocycles. The zero-order valence-electron chi connectivity index (χ0n) is 18.6. The number of nitrogens with one attached hydrogen (secondary N) is 1. The topological polar surface area (TPSA) is 107 Å². The highest BCUT2D eigenvalue weighted by molar-refractivity contribution is 5.92. The standard InChI is InChI=1S/C24H23N5O4/c1-5-31-20(30)9-7-16-13-27-22(21-17(16)10-11-26-21)23-28-24(33-29-23)15-6-8-19(32-14(2)3)18(12-15)25-4/h6,8,10-14,26H,5,7,9H2,1-3H3. The molecule has 4 aromatic rings. The Hall–Kier alpha value is -4.19. The van der Waals surface area contributed by atoms with Crippen molar-refractivity contribution in [2.75, 3.05) is 6.61 Å². The number of esters is 1. The number of carbonyl (C=O) groups is 1. The second kappa shape index (κ2) is 9.53. The summed E-state index contributed by atoms with van der Waals surface area (Å²) in [6.45, 7) is 13.4. The lowest BCUT2D eigenvalue weighted by Crippen LogP contribution is -2.05. The van der Waals surface area contributed by atoms with Gasteiger partial charge in [0.05, 0.1) is 24.8 Å². The van der Waals surface area contributed by atoms with Crippen LogP contribution in [-0.2, 0) is 16.0 Å². The molecule has 0 bridgehead atoms. The third-order valence-corrected chi connectivity index (χ3v) is 4.91. The Labute approximate surface area is 190 Å². The van der Waals surface area contributed by atoms with E-state index in [0.717, 1.165) is 16.5 Å². The zero-order chi connectivity index (χ0) is 23.4. The molecule has 1 N–H and O–H groups in total. The van der Waals surface area contributed by atoms with Crippen molar-refractivity contribution in [1.29, 1.82) is 0 Å². The van der Waals surface area contributed by atoms with Crippen molar-refractivity contribution in [2.45, 2.75) is 39.7 Å². The molecule has 0 unspecified atom stereocenters. The Bertz CT molecular complexity index is 1330. The Balaban J connectivity index is 1.62. The fourth-order valence-corrected chi connectivity index (χ4v) is 3.48. The first-order chi connectivity index (χ1) is 16.0. The number of ether oxygens (including phenoxy) is 2. The van der Waals surface area contributed by atoms with E-state index in [4.69, 9.17) is 20.6 Å². The van der Waals surface area contributed by atoms with Crippen molar-refractivity contribution in [3.63, 3.8) is 0 Å². The third kappa shape index (κ3) is 4.70. The van der Waals surface area contributed by atoms with Crippen LogP contribution in [0.15, 0.2) is 41.2 Å². The average Bonchev–Trinajstić information content (AvgIpc) is 3.48. The summed E-state index contributed by atoms with van der Waals surface area (Å²) in [6, 6.07) is 7.10. The van der Waals surface area contributed by atoms with Crippen LogP contribution >= 0.6 is 0 Å². The molecule has 0 spiro atoms. The summed E-state index contributed by atoms with van der Waals surface area (Å²) in [5.74, 6) is 0.869. The van der Waals surface area contributed by atoms with Crippen molar-refractivity contribution >= 4 is 22.6 Å². The van der Waals surface area contributed by atoms with E-state index < -0.39 is 0 Å². The normalized spacial score (nSPS) is 11.0. The number of benzene rings is 1. The molecule has 168 valence electrons. The van der Waals surface area contributed by atoms with Crippen molar-refractivity contribution in [3.8, 4) is 28.7 Å². The van der Waals surface area contributed by atoms with Gasteiger partial charge in [0.2, 0.25) is 11.5 Å². The van der Waals surface area contributed by atoms with E-state index in [1.165, 1.54) is 0 Å². The van der Waals surface area contributed by atoms with Gasteiger partial charge in [-0.2, -0.15) is 4.98 Å². The SMILES string of the molecule is [C-]#[N+]c1cc(-c2nc(-c3ncc(CCC(=O)OCC)c4cc[nH]c34)no2)ccc1OC(C)C. The number of hydrogen-bond donors (Lipinski definition) is 1. The van der Waals surface area contributed by atoms with Gasteiger partial charge in [-0.3, -0.25) is 9.78 Å². The van der Waals surface area contributed by atoms with E-state index in [2.05, 4.69) is 25.0 Å². The number of fused-ring (bicyclic) bond motifs is 1. The fraction of sp³-hybridized carbons (Fsp3) is 0.292. The summed E-state index contributed by atoms with van der Waals surface area (Å²) in [6.07, 6.45) is 4.28. The molecule has 33 heavy (non-hydrogen) atoms. The number of aryl methyl sites for hydroxylation is 1. The Morgan fingerprint density at radius 1 is 1.30 bits per heavy atom. The molecular weight excluding hydrogens is 422 g/mol. The molecule has 0 aliphatic rings. The molecular formula is C24H23N5O4. The van der Waals surface area contributed by atoms with Crippen molar-refractivity contribution in [1.82, 2.24) is 20.1 Å². The summed E-state index contributed by atoms with van der Waals surface area (Å²) in [5.41, 5.74) is 3.21. The van der Waals surface area contributed by atoms with Gasteiger partial charge in [-0.15, -0.1) is 0 Å². The lowest BCUT2D eigenvalue weighted by Gasteiger charge is -2.11. The fourth-order valence-electron chi connectivity index (χ4n) is 3.48. The highest BCUT2D eigenvalue weighted by atomic mass is 16.5. The van der Waals surface area contributed by atoms with Crippen LogP contribution in [0, 0.1) is 6.57 Å². The first-order valence-electron chi connectivity index (χ1n) is 10.6. The zero-order valence-corrected chi connectivity index (χ0v) is 18.6. The number of aromatic amines is 1. The number of aromatic nitrogens is 4. The smallest absolute Gasteiger partial charge is 0.306 e. The number of carbonyl (C=O) groups excluding carboxylic acids is 1. The molecule has 1 aromatic carbocycles. The van der Waals surface area contributed by atoms with Gasteiger partial charge in [0, 0.05) is 29.8 Å². The molecule has 0 radical (unpaired) electrons. The summed E-state index contributed by atoms with van der Waals surface area (Å²) in [7, 11) is 0. The maximum absolute atomic E-state index is 11.7. The largest absolute Gasteiger partial charge is 0.502 e. The Morgan fingerprint density at radius 3 is 2.91 bits per heavy atom. The van der Waals surface area contributed by atoms with Crippen LogP contribution in [0.1, 0.15) is 32.8 Å². The van der Waals surface area contributed by atoms with Gasteiger partial charge >= 0.3 is 5.97 Å². The summed E-state index contributed by atoms with van der Waals surface area (Å²) >= 11 is 0. The minimum Gasteiger partial charge on any atom is -0.502 e. The molecule has 0 aliphatic heterocycles. The van der Waals surface area contributed by atoms with Crippen LogP contribution in [0.5, 0.6) is 5.75 Å². The molecule has 0 aliphatic carbocycles. The molecule has 9 heteroatoms. The second-order valence-corrected chi connectivity index (χ2v) is 7.59. The number of H-pyrrole nitrogens is 1. The van der Waals surface area contributed by atoms with Gasteiger partial charge in [-0.05, 0) is 57.0 Å². The maximum atomic E-state index is 11.7. The van der Waals surface area contributed by atoms with Gasteiger partial charge in [0.15, 0.2) is 0 Å². The lowest BCUT2D eigenvalue weighted by atomic mass is 10.1. The Kier molecular flexibility index (Phi) is 6.36. The molecule has 4 rings (SSSR count). The van der Waals surface area contributed by atoms with E-state index in [9.17, 15) is 4.79 Å². The van der Waals surface area contributed by atoms with Crippen LogP contribution in [0.4, 0.5) is 5.69 Å². The Morgan fingerprint density at radius 2 is 2.15 bits per heavy atom. The second-order valence-electron chi connectivity index (χ2n) is 7.59. The monoisotopic (exact) mass is 445 g/mol. The molecule has 0 saturated carbocycles. The average molecular weight is 445 g/mol. The first kappa shape index (κ1) is 22.0. The van der Waals surface area contributed by atoms with Gasteiger partial charge < -0.3 is 19.0 Å². The summed E-state index contributed by atoms with van der Waals surface area (Å²) in [5, 5.41) is 5.03. The molecule has 0 amide bonds. The van der Waals surface area contributed by atoms with Gasteiger partial charge in [0.25, 0.3) is 5.89 Å². The molecule has 0 saturated heterocycles. The maximum Gasteiger partial charge on any atom is 0.306 e. The number of hydrogen-bond acceptors (Lipinski definition) is 7. The highest BCUT2D eigenvalue weighted by Gasteiger charge is 2.18. The van der Waals surface area contributed by atoms with Crippen LogP contribution in [0.2, 0.25) is 0 Å². The van der Waals surface area contributed by atoms with Gasteiger partial charge in [0.1, 0.15) is 11.4 Å². The van der Waals surface area contributed by atoms with Crippen molar-refractivity contribution in [2.24, 2.45) is 0 Å². The first-order valence-corrected chi connectivity index (χ1v) is 10.6. The molecule has 0 fully saturated rings. The van der Waals surface area contributed by atoms with Gasteiger partial charge in [-0.1, -0.05) is 5.16 Å². The number of nitrogens with zero attached hydrogens (tertiary/aromatic N) is 4. The predicted octanol–water partition coefficient (Wildman–Crippen LogP) is 5.11. The van der Waals surface area contributed by atoms with Crippen molar-refractivity contribution < 1.29 is 18.8 Å². The van der Waals surface area contributed by atoms with Gasteiger partial charge in [-0.25, -0.2) is 4.85 Å². The van der Waals surface area contributed by atoms with E-state index in [-0.39, 0.29) is 24.4 Å².